The van der Waals surface area contributed by atoms with Crippen molar-refractivity contribution in [1.82, 2.24) is 19.8 Å². The van der Waals surface area contributed by atoms with Gasteiger partial charge in [-0.15, -0.1) is 0 Å². The molecule has 0 spiro atoms. The molecule has 1 saturated carbocycles. The third-order valence-corrected chi connectivity index (χ3v) is 5.14. The SMILES string of the molecule is Cc1[nH]n2c(=O)c(C(=O)NC3CC3)c(O)[n+](CC(C)(C)C)c2c1/C=C/C(=O)N(C)CC#N. The number of nitrogens with zero attached hydrogens (tertiary/aromatic N) is 4. The normalized spacial score (nSPS) is 14.0. The Labute approximate surface area is 185 Å². The molecule has 170 valence electrons. The second kappa shape index (κ2) is 8.49. The molecule has 3 N–H and O–H groups in total. The maximum absolute atomic E-state index is 13.2. The summed E-state index contributed by atoms with van der Waals surface area (Å²) in [5.74, 6) is -1.39. The smallest absolute Gasteiger partial charge is 0.378 e. The van der Waals surface area contributed by atoms with E-state index in [4.69, 9.17) is 5.26 Å². The number of rotatable bonds is 6. The van der Waals surface area contributed by atoms with Crippen LogP contribution in [0, 0.1) is 23.7 Å². The van der Waals surface area contributed by atoms with Crippen molar-refractivity contribution in [1.29, 1.82) is 5.26 Å². The minimum absolute atomic E-state index is 0.0262. The summed E-state index contributed by atoms with van der Waals surface area (Å²) in [4.78, 5) is 39.4. The van der Waals surface area contributed by atoms with Crippen LogP contribution in [-0.4, -0.2) is 51.1 Å². The molecule has 32 heavy (non-hydrogen) atoms. The number of hydrogen-bond acceptors (Lipinski definition) is 5. The van der Waals surface area contributed by atoms with Crippen LogP contribution < -0.4 is 15.4 Å². The predicted molar refractivity (Wildman–Crippen MR) is 117 cm³/mol. The zero-order valence-corrected chi connectivity index (χ0v) is 19.0. The molecule has 2 heterocycles. The molecule has 1 aliphatic carbocycles. The molecular formula is C22H29N6O4+. The highest BCUT2D eigenvalue weighted by Gasteiger charge is 2.36. The predicted octanol–water partition coefficient (Wildman–Crippen LogP) is 0.863. The summed E-state index contributed by atoms with van der Waals surface area (Å²) < 4.78 is 2.75. The molecule has 0 aliphatic heterocycles. The van der Waals surface area contributed by atoms with Gasteiger partial charge in [0, 0.05) is 19.2 Å². The number of carbonyl (C=O) groups excluding carboxylic acids is 2. The van der Waals surface area contributed by atoms with Crippen LogP contribution in [0.3, 0.4) is 0 Å². The lowest BCUT2D eigenvalue weighted by Crippen LogP contribution is -2.47. The molecule has 0 radical (unpaired) electrons. The number of fused-ring (bicyclic) bond motifs is 1. The van der Waals surface area contributed by atoms with Crippen LogP contribution in [0.5, 0.6) is 5.88 Å². The van der Waals surface area contributed by atoms with E-state index in [1.165, 1.54) is 27.1 Å². The van der Waals surface area contributed by atoms with Crippen molar-refractivity contribution in [3.05, 3.63) is 33.3 Å². The van der Waals surface area contributed by atoms with Crippen LogP contribution in [0.1, 0.15) is 55.2 Å². The van der Waals surface area contributed by atoms with Crippen molar-refractivity contribution in [2.75, 3.05) is 13.6 Å². The first kappa shape index (κ1) is 23.1. The van der Waals surface area contributed by atoms with E-state index in [0.717, 1.165) is 12.8 Å². The Morgan fingerprint density at radius 3 is 2.62 bits per heavy atom. The van der Waals surface area contributed by atoms with Crippen LogP contribution in [0.4, 0.5) is 0 Å². The first-order valence-corrected chi connectivity index (χ1v) is 10.5. The first-order valence-electron chi connectivity index (χ1n) is 10.5. The molecule has 1 fully saturated rings. The summed E-state index contributed by atoms with van der Waals surface area (Å²) in [7, 11) is 1.51. The highest BCUT2D eigenvalue weighted by atomic mass is 16.3. The second-order valence-corrected chi connectivity index (χ2v) is 9.39. The third-order valence-electron chi connectivity index (χ3n) is 5.14. The van der Waals surface area contributed by atoms with Crippen molar-refractivity contribution >= 4 is 23.5 Å². The first-order chi connectivity index (χ1) is 14.9. The van der Waals surface area contributed by atoms with Gasteiger partial charge in [0.15, 0.2) is 0 Å². The van der Waals surface area contributed by atoms with Gasteiger partial charge < -0.3 is 15.3 Å². The van der Waals surface area contributed by atoms with E-state index in [0.29, 0.717) is 23.4 Å². The van der Waals surface area contributed by atoms with Gasteiger partial charge in [-0.3, -0.25) is 9.59 Å². The number of hydrogen-bond donors (Lipinski definition) is 3. The van der Waals surface area contributed by atoms with Gasteiger partial charge >= 0.3 is 17.1 Å². The number of nitriles is 1. The van der Waals surface area contributed by atoms with E-state index in [-0.39, 0.29) is 29.5 Å². The third kappa shape index (κ3) is 4.66. The zero-order chi connectivity index (χ0) is 23.8. The number of aromatic hydroxyl groups is 1. The van der Waals surface area contributed by atoms with Gasteiger partial charge in [-0.2, -0.15) is 9.83 Å². The van der Waals surface area contributed by atoms with Crippen LogP contribution >= 0.6 is 0 Å². The summed E-state index contributed by atoms with van der Waals surface area (Å²) in [6.07, 6.45) is 4.55. The molecule has 3 rings (SSSR count). The molecule has 2 aromatic heterocycles. The second-order valence-electron chi connectivity index (χ2n) is 9.39. The number of likely N-dealkylation sites (N-methyl/N-ethyl adjacent to an activating group) is 1. The number of carbonyl (C=O) groups is 2. The Morgan fingerprint density at radius 1 is 1.41 bits per heavy atom. The van der Waals surface area contributed by atoms with Crippen molar-refractivity contribution < 1.29 is 19.3 Å². The number of amides is 2. The van der Waals surface area contributed by atoms with E-state index < -0.39 is 17.3 Å². The molecule has 0 saturated heterocycles. The molecule has 10 nitrogen and oxygen atoms in total. The van der Waals surface area contributed by atoms with Gasteiger partial charge in [-0.25, -0.2) is 9.89 Å². The van der Waals surface area contributed by atoms with E-state index in [1.807, 2.05) is 26.8 Å². The molecule has 1 aliphatic rings. The molecule has 0 aromatic carbocycles. The maximum Gasteiger partial charge on any atom is 0.378 e. The van der Waals surface area contributed by atoms with Gasteiger partial charge in [-0.1, -0.05) is 25.3 Å². The Balaban J connectivity index is 2.21. The van der Waals surface area contributed by atoms with E-state index >= 15 is 0 Å². The molecule has 2 aromatic rings. The highest BCUT2D eigenvalue weighted by molar-refractivity contribution is 5.96. The number of nitrogens with one attached hydrogen (secondary N) is 2. The van der Waals surface area contributed by atoms with E-state index in [2.05, 4.69) is 10.4 Å². The lowest BCUT2D eigenvalue weighted by Gasteiger charge is -2.18. The Bertz CT molecular complexity index is 1200. The van der Waals surface area contributed by atoms with Crippen molar-refractivity contribution in [3.8, 4) is 11.9 Å². The maximum atomic E-state index is 13.2. The average molecular weight is 442 g/mol. The quantitative estimate of drug-likeness (QED) is 0.347. The van der Waals surface area contributed by atoms with E-state index in [9.17, 15) is 19.5 Å². The fraction of sp³-hybridized carbons (Fsp3) is 0.500. The molecular weight excluding hydrogens is 412 g/mol. The summed E-state index contributed by atoms with van der Waals surface area (Å²) in [5.41, 5.74) is 0.163. The molecule has 10 heteroatoms. The van der Waals surface area contributed by atoms with Crippen LogP contribution in [0.25, 0.3) is 11.7 Å². The fourth-order valence-corrected chi connectivity index (χ4v) is 3.40. The summed E-state index contributed by atoms with van der Waals surface area (Å²) in [5, 5.41) is 25.5. The number of aryl methyl sites for hydroxylation is 1. The zero-order valence-electron chi connectivity index (χ0n) is 19.0. The number of aromatic nitrogens is 3. The van der Waals surface area contributed by atoms with Gasteiger partial charge in [-0.05, 0) is 31.3 Å². The van der Waals surface area contributed by atoms with Gasteiger partial charge in [0.1, 0.15) is 6.54 Å². The number of aromatic amines is 1. The summed E-state index contributed by atoms with van der Waals surface area (Å²) in [6.45, 7) is 7.91. The monoisotopic (exact) mass is 441 g/mol. The van der Waals surface area contributed by atoms with Crippen LogP contribution in [-0.2, 0) is 11.3 Å². The van der Waals surface area contributed by atoms with Crippen LogP contribution in [0.15, 0.2) is 10.9 Å². The fourth-order valence-electron chi connectivity index (χ4n) is 3.40. The highest BCUT2D eigenvalue weighted by Crippen LogP contribution is 2.23. The Kier molecular flexibility index (Phi) is 6.12. The van der Waals surface area contributed by atoms with Crippen molar-refractivity contribution in [2.45, 2.75) is 53.1 Å². The van der Waals surface area contributed by atoms with E-state index in [1.54, 1.807) is 13.0 Å². The van der Waals surface area contributed by atoms with Gasteiger partial charge in [0.2, 0.25) is 11.5 Å². The minimum Gasteiger partial charge on any atom is -0.477 e. The summed E-state index contributed by atoms with van der Waals surface area (Å²) in [6, 6.07) is 1.94. The molecule has 0 atom stereocenters. The van der Waals surface area contributed by atoms with Crippen LogP contribution in [0.2, 0.25) is 0 Å². The van der Waals surface area contributed by atoms with Gasteiger partial charge in [0.05, 0.1) is 23.9 Å². The molecule has 2 amide bonds. The molecule has 0 unspecified atom stereocenters. The summed E-state index contributed by atoms with van der Waals surface area (Å²) >= 11 is 0. The standard InChI is InChI=1S/C22H28N6O4/c1-13-15(8-9-16(29)26(5)11-10-23)19-27(12-22(2,3)4)20(31)17(21(32)28(19)25-13)18(30)24-14-6-7-14/h8-9,14H,6-7,11-12H2,1-5H3,(H2,24,30,31,32)/p+1/b9-8+. The lowest BCUT2D eigenvalue weighted by atomic mass is 9.96. The Morgan fingerprint density at radius 2 is 2.06 bits per heavy atom. The minimum atomic E-state index is -0.670. The van der Waals surface area contributed by atoms with Gasteiger partial charge in [0.25, 0.3) is 5.91 Å². The average Bonchev–Trinajstić information content (AvgIpc) is 3.43. The lowest BCUT2D eigenvalue weighted by molar-refractivity contribution is -0.692. The van der Waals surface area contributed by atoms with Crippen molar-refractivity contribution in [2.24, 2.45) is 5.41 Å². The Hall–Kier alpha value is -3.61. The topological polar surface area (TPSA) is 135 Å². The molecule has 0 bridgehead atoms. The number of H-pyrrole nitrogens is 1. The van der Waals surface area contributed by atoms with Crippen molar-refractivity contribution in [3.63, 3.8) is 0 Å². The largest absolute Gasteiger partial charge is 0.477 e.